The van der Waals surface area contributed by atoms with Crippen molar-refractivity contribution in [3.05, 3.63) is 0 Å². The van der Waals surface area contributed by atoms with Crippen molar-refractivity contribution in [2.75, 3.05) is 6.54 Å². The number of carboxylic acid groups (broad SMARTS) is 1. The minimum Gasteiger partial charge on any atom is -0.480 e. The van der Waals surface area contributed by atoms with Crippen molar-refractivity contribution in [2.24, 2.45) is 11.7 Å². The van der Waals surface area contributed by atoms with Crippen LogP contribution in [0.2, 0.25) is 0 Å². The number of carboxylic acids is 1. The first-order valence-electron chi connectivity index (χ1n) is 10.5. The molecule has 8 heteroatoms. The topological polar surface area (TPSA) is 128 Å². The van der Waals surface area contributed by atoms with E-state index in [2.05, 4.69) is 17.6 Å². The van der Waals surface area contributed by atoms with Crippen molar-refractivity contribution in [1.82, 2.24) is 10.6 Å². The van der Waals surface area contributed by atoms with E-state index in [0.717, 1.165) is 25.7 Å². The average Bonchev–Trinajstić information content (AvgIpc) is 2.62. The summed E-state index contributed by atoms with van der Waals surface area (Å²) in [5.41, 5.74) is 5.19. The summed E-state index contributed by atoms with van der Waals surface area (Å²) in [4.78, 5) is 23.8. The summed E-state index contributed by atoms with van der Waals surface area (Å²) in [5.74, 6) is -1.44. The van der Waals surface area contributed by atoms with Gasteiger partial charge in [0.2, 0.25) is 5.91 Å². The zero-order valence-corrected chi connectivity index (χ0v) is 18.4. The minimum absolute atomic E-state index is 0. The summed E-state index contributed by atoms with van der Waals surface area (Å²) in [7, 11) is 0. The number of rotatable bonds is 17. The van der Waals surface area contributed by atoms with Gasteiger partial charge in [-0.1, -0.05) is 65.2 Å². The van der Waals surface area contributed by atoms with Gasteiger partial charge < -0.3 is 21.5 Å². The van der Waals surface area contributed by atoms with E-state index in [-0.39, 0.29) is 30.2 Å². The predicted octanol–water partition coefficient (Wildman–Crippen LogP) is 3.80. The highest BCUT2D eigenvalue weighted by molar-refractivity contribution is 5.85. The number of aliphatic carboxylic acids is 1. The van der Waals surface area contributed by atoms with Crippen LogP contribution in [-0.4, -0.2) is 35.5 Å². The van der Waals surface area contributed by atoms with Crippen LogP contribution < -0.4 is 16.4 Å². The van der Waals surface area contributed by atoms with E-state index in [9.17, 15) is 14.7 Å². The van der Waals surface area contributed by atoms with Crippen molar-refractivity contribution in [3.63, 3.8) is 0 Å². The van der Waals surface area contributed by atoms with E-state index >= 15 is 0 Å². The maximum Gasteiger partial charge on any atom is 0.326 e. The van der Waals surface area contributed by atoms with Crippen LogP contribution >= 0.6 is 12.4 Å². The largest absolute Gasteiger partial charge is 0.480 e. The van der Waals surface area contributed by atoms with Crippen LogP contribution in [0.4, 0.5) is 0 Å². The van der Waals surface area contributed by atoms with Crippen LogP contribution in [-0.2, 0) is 9.59 Å². The van der Waals surface area contributed by atoms with E-state index in [4.69, 9.17) is 11.1 Å². The number of unbranched alkanes of at least 4 members (excludes halogenated alkanes) is 7. The summed E-state index contributed by atoms with van der Waals surface area (Å²) in [6.07, 6.45) is 12.2. The fourth-order valence-electron chi connectivity index (χ4n) is 3.12. The SMILES string of the molecule is CCCCCCCCCCC(CC)C(=O)N[C@@H](CCCNC(=N)N)C(=O)O.Cl. The Morgan fingerprint density at radius 3 is 2.04 bits per heavy atom. The third kappa shape index (κ3) is 15.5. The first-order chi connectivity index (χ1) is 12.9. The lowest BCUT2D eigenvalue weighted by atomic mass is 9.96. The van der Waals surface area contributed by atoms with Gasteiger partial charge in [0.15, 0.2) is 5.96 Å². The zero-order chi connectivity index (χ0) is 20.5. The molecule has 0 saturated heterocycles. The Morgan fingerprint density at radius 2 is 1.54 bits per heavy atom. The van der Waals surface area contributed by atoms with Gasteiger partial charge in [-0.15, -0.1) is 12.4 Å². The Hall–Kier alpha value is -1.50. The molecule has 0 saturated carbocycles. The van der Waals surface area contributed by atoms with Gasteiger partial charge in [0.05, 0.1) is 0 Å². The normalized spacial score (nSPS) is 12.5. The van der Waals surface area contributed by atoms with Gasteiger partial charge in [-0.3, -0.25) is 10.2 Å². The molecule has 0 rings (SSSR count). The summed E-state index contributed by atoms with van der Waals surface area (Å²) >= 11 is 0. The number of guanidine groups is 1. The van der Waals surface area contributed by atoms with Crippen molar-refractivity contribution in [2.45, 2.75) is 96.9 Å². The molecule has 2 atom stereocenters. The maximum atomic E-state index is 12.4. The van der Waals surface area contributed by atoms with Crippen LogP contribution in [0.25, 0.3) is 0 Å². The quantitative estimate of drug-likeness (QED) is 0.139. The molecule has 0 fully saturated rings. The molecule has 7 nitrogen and oxygen atoms in total. The molecule has 0 spiro atoms. The highest BCUT2D eigenvalue weighted by Gasteiger charge is 2.23. The molecule has 0 radical (unpaired) electrons. The highest BCUT2D eigenvalue weighted by atomic mass is 35.5. The van der Waals surface area contributed by atoms with Crippen LogP contribution in [0, 0.1) is 11.3 Å². The lowest BCUT2D eigenvalue weighted by Gasteiger charge is -2.19. The van der Waals surface area contributed by atoms with Crippen molar-refractivity contribution in [3.8, 4) is 0 Å². The van der Waals surface area contributed by atoms with Crippen LogP contribution in [0.15, 0.2) is 0 Å². The molecule has 0 aromatic rings. The fraction of sp³-hybridized carbons (Fsp3) is 0.850. The number of carbonyl (C=O) groups is 2. The van der Waals surface area contributed by atoms with Crippen molar-refractivity contribution < 1.29 is 14.7 Å². The molecule has 28 heavy (non-hydrogen) atoms. The molecule has 0 heterocycles. The molecule has 1 amide bonds. The number of nitrogens with one attached hydrogen (secondary N) is 3. The van der Waals surface area contributed by atoms with Crippen LogP contribution in [0.5, 0.6) is 0 Å². The van der Waals surface area contributed by atoms with Crippen LogP contribution in [0.1, 0.15) is 90.9 Å². The van der Waals surface area contributed by atoms with Gasteiger partial charge >= 0.3 is 5.97 Å². The standard InChI is InChI=1S/C20H40N4O3.ClH/c1-3-5-6-7-8-9-10-11-13-16(4-2)18(25)24-17(19(26)27)14-12-15-23-20(21)22;/h16-17H,3-15H2,1-2H3,(H,24,25)(H,26,27)(H4,21,22,23);1H/t16?,17-;/m0./s1. The van der Waals surface area contributed by atoms with Gasteiger partial charge in [0, 0.05) is 12.5 Å². The Morgan fingerprint density at radius 1 is 0.964 bits per heavy atom. The second kappa shape index (κ2) is 18.8. The first-order valence-corrected chi connectivity index (χ1v) is 10.5. The Kier molecular flexibility index (Phi) is 19.3. The Balaban J connectivity index is 0. The molecule has 0 aromatic carbocycles. The fourth-order valence-corrected chi connectivity index (χ4v) is 3.12. The number of hydrogen-bond acceptors (Lipinski definition) is 3. The average molecular weight is 421 g/mol. The van der Waals surface area contributed by atoms with E-state index in [1.807, 2.05) is 6.92 Å². The molecule has 166 valence electrons. The predicted molar refractivity (Wildman–Crippen MR) is 117 cm³/mol. The van der Waals surface area contributed by atoms with Gasteiger partial charge in [-0.05, 0) is 25.7 Å². The van der Waals surface area contributed by atoms with Gasteiger partial charge in [0.1, 0.15) is 6.04 Å². The van der Waals surface area contributed by atoms with Crippen molar-refractivity contribution in [1.29, 1.82) is 5.41 Å². The van der Waals surface area contributed by atoms with E-state index in [1.165, 1.54) is 38.5 Å². The molecular weight excluding hydrogens is 380 g/mol. The Labute approximate surface area is 176 Å². The van der Waals surface area contributed by atoms with Gasteiger partial charge in [-0.2, -0.15) is 0 Å². The third-order valence-electron chi connectivity index (χ3n) is 4.87. The second-order valence-electron chi connectivity index (χ2n) is 7.25. The van der Waals surface area contributed by atoms with E-state index in [0.29, 0.717) is 19.4 Å². The number of nitrogens with two attached hydrogens (primary N) is 1. The highest BCUT2D eigenvalue weighted by Crippen LogP contribution is 2.16. The molecule has 0 aliphatic rings. The molecule has 0 aliphatic heterocycles. The number of halogens is 1. The monoisotopic (exact) mass is 420 g/mol. The van der Waals surface area contributed by atoms with Gasteiger partial charge in [0.25, 0.3) is 0 Å². The van der Waals surface area contributed by atoms with Crippen LogP contribution in [0.3, 0.4) is 0 Å². The molecule has 6 N–H and O–H groups in total. The smallest absolute Gasteiger partial charge is 0.326 e. The number of amides is 1. The second-order valence-corrected chi connectivity index (χ2v) is 7.25. The molecule has 0 aromatic heterocycles. The molecule has 0 aliphatic carbocycles. The summed E-state index contributed by atoms with van der Waals surface area (Å²) in [6, 6.07) is -0.890. The third-order valence-corrected chi connectivity index (χ3v) is 4.87. The lowest BCUT2D eigenvalue weighted by Crippen LogP contribution is -2.44. The van der Waals surface area contributed by atoms with E-state index in [1.54, 1.807) is 0 Å². The summed E-state index contributed by atoms with van der Waals surface area (Å²) in [5, 5.41) is 21.7. The summed E-state index contributed by atoms with van der Waals surface area (Å²) in [6.45, 7) is 4.61. The lowest BCUT2D eigenvalue weighted by molar-refractivity contribution is -0.142. The maximum absolute atomic E-state index is 12.4. The number of hydrogen-bond donors (Lipinski definition) is 5. The minimum atomic E-state index is -1.02. The number of carbonyl (C=O) groups excluding carboxylic acids is 1. The molecule has 1 unspecified atom stereocenters. The summed E-state index contributed by atoms with van der Waals surface area (Å²) < 4.78 is 0. The van der Waals surface area contributed by atoms with Gasteiger partial charge in [-0.25, -0.2) is 4.79 Å². The zero-order valence-electron chi connectivity index (χ0n) is 17.6. The molecule has 0 bridgehead atoms. The first kappa shape index (κ1) is 28.7. The van der Waals surface area contributed by atoms with E-state index < -0.39 is 12.0 Å². The van der Waals surface area contributed by atoms with Crippen molar-refractivity contribution >= 4 is 30.2 Å². The molecular formula is C20H41ClN4O3. The Bertz CT molecular complexity index is 436.